The largest absolute Gasteiger partial charge is 0.352 e. The van der Waals surface area contributed by atoms with Gasteiger partial charge in [-0.1, -0.05) is 18.2 Å². The molecule has 2 amide bonds. The maximum absolute atomic E-state index is 12.0. The van der Waals surface area contributed by atoms with Crippen LogP contribution >= 0.6 is 0 Å². The standard InChI is InChI=1S/C20H21N5O2/c26-19(8-4-10-22-20(27)17-6-2-1-3-7-17)23-15-16-9-12-21-18(14-16)25-13-5-11-24-25/h1-3,5-7,9,11-14H,4,8,10,15H2,(H,22,27)(H,23,26). The first-order valence-corrected chi connectivity index (χ1v) is 8.77. The average Bonchev–Trinajstić information content (AvgIpc) is 3.25. The molecule has 1 aromatic carbocycles. The van der Waals surface area contributed by atoms with Crippen molar-refractivity contribution in [1.29, 1.82) is 0 Å². The Labute approximate surface area is 157 Å². The summed E-state index contributed by atoms with van der Waals surface area (Å²) in [4.78, 5) is 28.2. The van der Waals surface area contributed by atoms with Crippen molar-refractivity contribution in [1.82, 2.24) is 25.4 Å². The molecule has 2 heterocycles. The van der Waals surface area contributed by atoms with Crippen LogP contribution in [-0.2, 0) is 11.3 Å². The van der Waals surface area contributed by atoms with Crippen molar-refractivity contribution in [2.45, 2.75) is 19.4 Å². The molecule has 0 radical (unpaired) electrons. The highest BCUT2D eigenvalue weighted by Crippen LogP contribution is 2.06. The number of hydrogen-bond acceptors (Lipinski definition) is 4. The van der Waals surface area contributed by atoms with Gasteiger partial charge in [0.1, 0.15) is 0 Å². The number of rotatable bonds is 8. The minimum Gasteiger partial charge on any atom is -0.352 e. The summed E-state index contributed by atoms with van der Waals surface area (Å²) >= 11 is 0. The highest BCUT2D eigenvalue weighted by molar-refractivity contribution is 5.94. The number of carbonyl (C=O) groups is 2. The molecular weight excluding hydrogens is 342 g/mol. The molecule has 0 atom stereocenters. The maximum atomic E-state index is 12.0. The Balaban J connectivity index is 1.38. The minimum absolute atomic E-state index is 0.0542. The van der Waals surface area contributed by atoms with Crippen molar-refractivity contribution in [3.05, 3.63) is 78.2 Å². The van der Waals surface area contributed by atoms with Gasteiger partial charge in [-0.25, -0.2) is 9.67 Å². The second-order valence-corrected chi connectivity index (χ2v) is 5.98. The van der Waals surface area contributed by atoms with Gasteiger partial charge in [-0.15, -0.1) is 0 Å². The van der Waals surface area contributed by atoms with Gasteiger partial charge in [0.05, 0.1) is 0 Å². The van der Waals surface area contributed by atoms with E-state index in [1.165, 1.54) is 0 Å². The maximum Gasteiger partial charge on any atom is 0.251 e. The van der Waals surface area contributed by atoms with Crippen molar-refractivity contribution in [3.63, 3.8) is 0 Å². The van der Waals surface area contributed by atoms with E-state index in [1.54, 1.807) is 29.2 Å². The number of benzene rings is 1. The normalized spacial score (nSPS) is 10.4. The molecule has 2 N–H and O–H groups in total. The van der Waals surface area contributed by atoms with Crippen LogP contribution in [0.15, 0.2) is 67.1 Å². The molecule has 0 unspecified atom stereocenters. The zero-order chi connectivity index (χ0) is 18.9. The molecule has 0 aliphatic rings. The van der Waals surface area contributed by atoms with Crippen LogP contribution in [0.4, 0.5) is 0 Å². The lowest BCUT2D eigenvalue weighted by molar-refractivity contribution is -0.121. The molecule has 0 saturated heterocycles. The Bertz CT molecular complexity index is 878. The molecule has 7 nitrogen and oxygen atoms in total. The summed E-state index contributed by atoms with van der Waals surface area (Å²) in [5.74, 6) is 0.524. The SMILES string of the molecule is O=C(CCCNC(=O)c1ccccc1)NCc1ccnc(-n2cccn2)c1. The molecule has 0 aliphatic carbocycles. The molecule has 2 aromatic heterocycles. The van der Waals surface area contributed by atoms with Crippen LogP contribution in [-0.4, -0.2) is 33.1 Å². The van der Waals surface area contributed by atoms with Crippen molar-refractivity contribution in [2.75, 3.05) is 6.54 Å². The second kappa shape index (κ2) is 9.28. The summed E-state index contributed by atoms with van der Waals surface area (Å²) in [5.41, 5.74) is 1.56. The summed E-state index contributed by atoms with van der Waals surface area (Å²) in [6.45, 7) is 0.881. The summed E-state index contributed by atoms with van der Waals surface area (Å²) in [7, 11) is 0. The second-order valence-electron chi connectivity index (χ2n) is 5.98. The number of nitrogens with one attached hydrogen (secondary N) is 2. The van der Waals surface area contributed by atoms with Crippen LogP contribution in [0.1, 0.15) is 28.8 Å². The molecular formula is C20H21N5O2. The van der Waals surface area contributed by atoms with Gasteiger partial charge in [0.15, 0.2) is 5.82 Å². The van der Waals surface area contributed by atoms with E-state index in [9.17, 15) is 9.59 Å². The van der Waals surface area contributed by atoms with Crippen LogP contribution in [0.2, 0.25) is 0 Å². The average molecular weight is 363 g/mol. The fraction of sp³-hybridized carbons (Fsp3) is 0.200. The fourth-order valence-electron chi connectivity index (χ4n) is 2.53. The van der Waals surface area contributed by atoms with Gasteiger partial charge >= 0.3 is 0 Å². The molecule has 27 heavy (non-hydrogen) atoms. The topological polar surface area (TPSA) is 88.9 Å². The number of hydrogen-bond donors (Lipinski definition) is 2. The predicted octanol–water partition coefficient (Wildman–Crippen LogP) is 2.09. The van der Waals surface area contributed by atoms with E-state index in [2.05, 4.69) is 20.7 Å². The van der Waals surface area contributed by atoms with Gasteiger partial charge in [-0.2, -0.15) is 5.10 Å². The molecule has 0 bridgehead atoms. The van der Waals surface area contributed by atoms with E-state index in [4.69, 9.17) is 0 Å². The molecule has 138 valence electrons. The van der Waals surface area contributed by atoms with E-state index in [0.717, 1.165) is 5.56 Å². The van der Waals surface area contributed by atoms with Crippen molar-refractivity contribution in [3.8, 4) is 5.82 Å². The summed E-state index contributed by atoms with van der Waals surface area (Å²) in [6, 6.07) is 14.6. The lowest BCUT2D eigenvalue weighted by Crippen LogP contribution is -2.27. The zero-order valence-corrected chi connectivity index (χ0v) is 14.8. The van der Waals surface area contributed by atoms with Crippen LogP contribution in [0.3, 0.4) is 0 Å². The zero-order valence-electron chi connectivity index (χ0n) is 14.8. The number of nitrogens with zero attached hydrogens (tertiary/aromatic N) is 3. The van der Waals surface area contributed by atoms with Crippen LogP contribution < -0.4 is 10.6 Å². The lowest BCUT2D eigenvalue weighted by atomic mass is 10.2. The quantitative estimate of drug-likeness (QED) is 0.600. The number of aromatic nitrogens is 3. The van der Waals surface area contributed by atoms with Gasteiger partial charge in [0, 0.05) is 43.7 Å². The van der Waals surface area contributed by atoms with Gasteiger partial charge in [0.2, 0.25) is 5.91 Å². The minimum atomic E-state index is -0.126. The third-order valence-corrected chi connectivity index (χ3v) is 3.94. The van der Waals surface area contributed by atoms with Crippen molar-refractivity contribution < 1.29 is 9.59 Å². The Morgan fingerprint density at radius 1 is 1.00 bits per heavy atom. The summed E-state index contributed by atoms with van der Waals surface area (Å²) in [6.07, 6.45) is 6.13. The van der Waals surface area contributed by atoms with E-state index in [1.807, 2.05) is 42.6 Å². The smallest absolute Gasteiger partial charge is 0.251 e. The van der Waals surface area contributed by atoms with Gasteiger partial charge in [-0.05, 0) is 42.3 Å². The van der Waals surface area contributed by atoms with E-state index < -0.39 is 0 Å². The molecule has 0 spiro atoms. The predicted molar refractivity (Wildman–Crippen MR) is 101 cm³/mol. The number of amides is 2. The molecule has 0 fully saturated rings. The van der Waals surface area contributed by atoms with Crippen molar-refractivity contribution in [2.24, 2.45) is 0 Å². The van der Waals surface area contributed by atoms with E-state index in [0.29, 0.717) is 37.3 Å². The molecule has 0 aliphatic heterocycles. The lowest BCUT2D eigenvalue weighted by Gasteiger charge is -2.08. The number of carbonyl (C=O) groups excluding carboxylic acids is 2. The Morgan fingerprint density at radius 3 is 2.63 bits per heavy atom. The third-order valence-electron chi connectivity index (χ3n) is 3.94. The van der Waals surface area contributed by atoms with Crippen molar-refractivity contribution >= 4 is 11.8 Å². The first kappa shape index (κ1) is 18.3. The third kappa shape index (κ3) is 5.50. The Hall–Kier alpha value is -3.48. The Morgan fingerprint density at radius 2 is 1.85 bits per heavy atom. The van der Waals surface area contributed by atoms with E-state index in [-0.39, 0.29) is 11.8 Å². The molecule has 3 aromatic rings. The van der Waals surface area contributed by atoms with Crippen LogP contribution in [0, 0.1) is 0 Å². The first-order valence-electron chi connectivity index (χ1n) is 8.77. The van der Waals surface area contributed by atoms with Gasteiger partial charge in [0.25, 0.3) is 5.91 Å². The molecule has 7 heteroatoms. The van der Waals surface area contributed by atoms with Crippen LogP contribution in [0.5, 0.6) is 0 Å². The Kier molecular flexibility index (Phi) is 6.30. The summed E-state index contributed by atoms with van der Waals surface area (Å²) < 4.78 is 1.67. The monoisotopic (exact) mass is 363 g/mol. The highest BCUT2D eigenvalue weighted by atomic mass is 16.2. The van der Waals surface area contributed by atoms with Gasteiger partial charge in [-0.3, -0.25) is 9.59 Å². The highest BCUT2D eigenvalue weighted by Gasteiger charge is 2.06. The number of pyridine rings is 1. The molecule has 3 rings (SSSR count). The molecule has 0 saturated carbocycles. The summed E-state index contributed by atoms with van der Waals surface area (Å²) in [5, 5.41) is 9.84. The van der Waals surface area contributed by atoms with Crippen LogP contribution in [0.25, 0.3) is 5.82 Å². The first-order chi connectivity index (χ1) is 13.2. The van der Waals surface area contributed by atoms with E-state index >= 15 is 0 Å². The van der Waals surface area contributed by atoms with Gasteiger partial charge < -0.3 is 10.6 Å². The fourth-order valence-corrected chi connectivity index (χ4v) is 2.53.